The number of nitrogens with two attached hydrogens (primary N) is 1. The average Bonchev–Trinajstić information content (AvgIpc) is 2.51. The quantitative estimate of drug-likeness (QED) is 0.518. The van der Waals surface area contributed by atoms with Crippen LogP contribution in [0.3, 0.4) is 0 Å². The molecule has 0 spiro atoms. The third-order valence-electron chi connectivity index (χ3n) is 3.03. The molecule has 0 saturated carbocycles. The number of ether oxygens (including phenoxy) is 1. The van der Waals surface area contributed by atoms with Gasteiger partial charge in [-0.2, -0.15) is 0 Å². The van der Waals surface area contributed by atoms with E-state index in [-0.39, 0.29) is 30.6 Å². The van der Waals surface area contributed by atoms with Crippen molar-refractivity contribution < 1.29 is 9.84 Å². The van der Waals surface area contributed by atoms with E-state index in [0.717, 1.165) is 24.9 Å². The minimum Gasteiger partial charge on any atom is -0.504 e. The second-order valence-corrected chi connectivity index (χ2v) is 4.52. The Bertz CT molecular complexity index is 585. The highest BCUT2D eigenvalue weighted by Gasteiger charge is 2.11. The number of nitrogen functional groups attached to an aromatic ring is 1. The molecule has 0 aliphatic carbocycles. The average molecular weight is 361 g/mol. The number of rotatable bonds is 7. The SMILES string of the molecule is CCOc1c(O)ccc(CCCNc2ncccn2)c1N.Cl.Cl. The summed E-state index contributed by atoms with van der Waals surface area (Å²) in [5.41, 5.74) is 7.51. The number of aromatic nitrogens is 2. The molecule has 0 bridgehead atoms. The standard InChI is InChI=1S/C15H20N4O2.2ClH/c1-2-21-14-12(20)7-6-11(13(14)16)5-3-8-17-15-18-9-4-10-19-15;;/h4,6-7,9-10,20H,2-3,5,8,16H2,1H3,(H,17,18,19);2*1H. The number of aryl methyl sites for hydroxylation is 1. The molecule has 0 unspecified atom stereocenters. The van der Waals surface area contributed by atoms with E-state index in [1.54, 1.807) is 24.5 Å². The van der Waals surface area contributed by atoms with Crippen LogP contribution >= 0.6 is 24.8 Å². The number of nitrogens with one attached hydrogen (secondary N) is 1. The van der Waals surface area contributed by atoms with Crippen LogP contribution in [-0.4, -0.2) is 28.2 Å². The summed E-state index contributed by atoms with van der Waals surface area (Å²) in [5, 5.41) is 12.9. The molecule has 0 saturated heterocycles. The maximum absolute atomic E-state index is 9.73. The number of hydrogen-bond acceptors (Lipinski definition) is 6. The van der Waals surface area contributed by atoms with Crippen molar-refractivity contribution in [2.24, 2.45) is 0 Å². The number of anilines is 2. The van der Waals surface area contributed by atoms with Gasteiger partial charge in [0.05, 0.1) is 12.3 Å². The van der Waals surface area contributed by atoms with E-state index in [0.29, 0.717) is 24.0 Å². The minimum atomic E-state index is 0. The van der Waals surface area contributed by atoms with E-state index in [4.69, 9.17) is 10.5 Å². The molecule has 1 heterocycles. The zero-order chi connectivity index (χ0) is 15.1. The van der Waals surface area contributed by atoms with E-state index in [9.17, 15) is 5.11 Å². The molecular formula is C15H22Cl2N4O2. The van der Waals surface area contributed by atoms with Crippen molar-refractivity contribution in [1.29, 1.82) is 0 Å². The molecule has 2 aromatic rings. The lowest BCUT2D eigenvalue weighted by Gasteiger charge is -2.13. The van der Waals surface area contributed by atoms with Crippen molar-refractivity contribution in [2.75, 3.05) is 24.2 Å². The Labute approximate surface area is 148 Å². The summed E-state index contributed by atoms with van der Waals surface area (Å²) in [6.45, 7) is 3.07. The summed E-state index contributed by atoms with van der Waals surface area (Å²) in [6.07, 6.45) is 5.05. The van der Waals surface area contributed by atoms with Crippen LogP contribution in [0.4, 0.5) is 11.6 Å². The number of phenols is 1. The van der Waals surface area contributed by atoms with Crippen LogP contribution in [0.5, 0.6) is 11.5 Å². The van der Waals surface area contributed by atoms with Gasteiger partial charge in [-0.05, 0) is 37.5 Å². The molecule has 1 aromatic heterocycles. The Morgan fingerprint density at radius 1 is 1.22 bits per heavy atom. The zero-order valence-corrected chi connectivity index (χ0v) is 14.5. The van der Waals surface area contributed by atoms with Crippen LogP contribution in [0.2, 0.25) is 0 Å². The second kappa shape index (κ2) is 10.7. The first-order chi connectivity index (χ1) is 10.2. The van der Waals surface area contributed by atoms with Gasteiger partial charge < -0.3 is 20.9 Å². The zero-order valence-electron chi connectivity index (χ0n) is 12.9. The van der Waals surface area contributed by atoms with Gasteiger partial charge in [-0.25, -0.2) is 9.97 Å². The molecule has 0 fully saturated rings. The highest BCUT2D eigenvalue weighted by molar-refractivity contribution is 5.85. The molecule has 23 heavy (non-hydrogen) atoms. The number of aromatic hydroxyl groups is 1. The summed E-state index contributed by atoms with van der Waals surface area (Å²) in [5.74, 6) is 1.06. The van der Waals surface area contributed by atoms with Crippen LogP contribution in [0.1, 0.15) is 18.9 Å². The van der Waals surface area contributed by atoms with Gasteiger partial charge in [-0.3, -0.25) is 0 Å². The summed E-state index contributed by atoms with van der Waals surface area (Å²) >= 11 is 0. The molecule has 0 aliphatic rings. The molecule has 4 N–H and O–H groups in total. The van der Waals surface area contributed by atoms with E-state index in [1.807, 2.05) is 13.0 Å². The highest BCUT2D eigenvalue weighted by Crippen LogP contribution is 2.35. The lowest BCUT2D eigenvalue weighted by atomic mass is 10.1. The first kappa shape index (κ1) is 21.1. The fourth-order valence-corrected chi connectivity index (χ4v) is 2.01. The molecule has 128 valence electrons. The molecule has 0 aliphatic heterocycles. The van der Waals surface area contributed by atoms with Crippen molar-refractivity contribution in [3.05, 3.63) is 36.2 Å². The van der Waals surface area contributed by atoms with Gasteiger partial charge in [0.1, 0.15) is 0 Å². The van der Waals surface area contributed by atoms with E-state index in [2.05, 4.69) is 15.3 Å². The van der Waals surface area contributed by atoms with Crippen LogP contribution in [0, 0.1) is 0 Å². The lowest BCUT2D eigenvalue weighted by Crippen LogP contribution is -2.07. The molecule has 0 radical (unpaired) electrons. The van der Waals surface area contributed by atoms with Crippen molar-refractivity contribution >= 4 is 36.4 Å². The Morgan fingerprint density at radius 3 is 2.57 bits per heavy atom. The molecular weight excluding hydrogens is 339 g/mol. The van der Waals surface area contributed by atoms with Crippen LogP contribution in [-0.2, 0) is 6.42 Å². The second-order valence-electron chi connectivity index (χ2n) is 4.52. The molecule has 1 aromatic carbocycles. The molecule has 0 amide bonds. The molecule has 0 atom stereocenters. The van der Waals surface area contributed by atoms with Crippen LogP contribution in [0.15, 0.2) is 30.6 Å². The van der Waals surface area contributed by atoms with Gasteiger partial charge in [0.15, 0.2) is 11.5 Å². The van der Waals surface area contributed by atoms with Crippen LogP contribution in [0.25, 0.3) is 0 Å². The Morgan fingerprint density at radius 2 is 1.91 bits per heavy atom. The van der Waals surface area contributed by atoms with Gasteiger partial charge in [0, 0.05) is 18.9 Å². The predicted octanol–water partition coefficient (Wildman–Crippen LogP) is 3.05. The van der Waals surface area contributed by atoms with Crippen molar-refractivity contribution in [1.82, 2.24) is 9.97 Å². The van der Waals surface area contributed by atoms with Crippen molar-refractivity contribution in [3.8, 4) is 11.5 Å². The molecule has 2 rings (SSSR count). The fraction of sp³-hybridized carbons (Fsp3) is 0.333. The Kier molecular flexibility index (Phi) is 9.85. The molecule has 6 nitrogen and oxygen atoms in total. The minimum absolute atomic E-state index is 0. The topological polar surface area (TPSA) is 93.3 Å². The Hall–Kier alpha value is -1.92. The third kappa shape index (κ3) is 6.00. The van der Waals surface area contributed by atoms with E-state index in [1.165, 1.54) is 0 Å². The first-order valence-electron chi connectivity index (χ1n) is 6.96. The van der Waals surface area contributed by atoms with Crippen molar-refractivity contribution in [3.63, 3.8) is 0 Å². The Balaban J connectivity index is 0.00000242. The van der Waals surface area contributed by atoms with Crippen molar-refractivity contribution in [2.45, 2.75) is 19.8 Å². The molecule has 8 heteroatoms. The van der Waals surface area contributed by atoms with Gasteiger partial charge in [-0.1, -0.05) is 6.07 Å². The van der Waals surface area contributed by atoms with Gasteiger partial charge >= 0.3 is 0 Å². The summed E-state index contributed by atoms with van der Waals surface area (Å²) < 4.78 is 5.37. The lowest BCUT2D eigenvalue weighted by molar-refractivity contribution is 0.319. The maximum atomic E-state index is 9.73. The van der Waals surface area contributed by atoms with Gasteiger partial charge in [-0.15, -0.1) is 24.8 Å². The first-order valence-corrected chi connectivity index (χ1v) is 6.96. The summed E-state index contributed by atoms with van der Waals surface area (Å²) in [6, 6.07) is 5.22. The maximum Gasteiger partial charge on any atom is 0.222 e. The largest absolute Gasteiger partial charge is 0.504 e. The van der Waals surface area contributed by atoms with Gasteiger partial charge in [0.25, 0.3) is 0 Å². The monoisotopic (exact) mass is 360 g/mol. The number of phenolic OH excluding ortho intramolecular Hbond substituents is 1. The fourth-order valence-electron chi connectivity index (χ4n) is 2.01. The number of halogens is 2. The summed E-state index contributed by atoms with van der Waals surface area (Å²) in [7, 11) is 0. The van der Waals surface area contributed by atoms with Crippen LogP contribution < -0.4 is 15.8 Å². The smallest absolute Gasteiger partial charge is 0.222 e. The third-order valence-corrected chi connectivity index (χ3v) is 3.03. The number of hydrogen-bond donors (Lipinski definition) is 3. The van der Waals surface area contributed by atoms with Gasteiger partial charge in [0.2, 0.25) is 5.95 Å². The normalized spacial score (nSPS) is 9.43. The number of benzene rings is 1. The van der Waals surface area contributed by atoms with E-state index >= 15 is 0 Å². The number of nitrogens with zero attached hydrogens (tertiary/aromatic N) is 2. The van der Waals surface area contributed by atoms with E-state index < -0.39 is 0 Å². The highest BCUT2D eigenvalue weighted by atomic mass is 35.5. The summed E-state index contributed by atoms with van der Waals surface area (Å²) in [4.78, 5) is 8.18. The predicted molar refractivity (Wildman–Crippen MR) is 97.0 cm³/mol.